The molecule has 1 aliphatic rings. The van der Waals surface area contributed by atoms with Gasteiger partial charge in [0.25, 0.3) is 5.90 Å². The van der Waals surface area contributed by atoms with Gasteiger partial charge in [0.15, 0.2) is 0 Å². The van der Waals surface area contributed by atoms with E-state index in [4.69, 9.17) is 4.74 Å². The Bertz CT molecular complexity index is 187. The van der Waals surface area contributed by atoms with Crippen LogP contribution in [0.1, 0.15) is 13.8 Å². The third kappa shape index (κ3) is 2.22. The molecule has 0 spiro atoms. The van der Waals surface area contributed by atoms with Gasteiger partial charge in [-0.2, -0.15) is 0 Å². The molecule has 0 saturated heterocycles. The van der Waals surface area contributed by atoms with Crippen molar-refractivity contribution in [3.63, 3.8) is 0 Å². The van der Waals surface area contributed by atoms with Gasteiger partial charge in [0.05, 0.1) is 6.54 Å². The Balaban J connectivity index is 2.41. The van der Waals surface area contributed by atoms with Crippen molar-refractivity contribution < 1.29 is 9.53 Å². The Labute approximate surface area is 65.6 Å². The molecule has 0 bridgehead atoms. The van der Waals surface area contributed by atoms with Gasteiger partial charge in [-0.15, -0.1) is 0 Å². The fourth-order valence-electron chi connectivity index (χ4n) is 0.796. The van der Waals surface area contributed by atoms with Crippen molar-refractivity contribution in [2.24, 2.45) is 4.99 Å². The first kappa shape index (κ1) is 8.04. The van der Waals surface area contributed by atoms with Gasteiger partial charge >= 0.3 is 5.91 Å². The summed E-state index contributed by atoms with van der Waals surface area (Å²) >= 11 is 0. The lowest BCUT2D eigenvalue weighted by Gasteiger charge is -2.06. The van der Waals surface area contributed by atoms with Gasteiger partial charge < -0.3 is 10.1 Å². The van der Waals surface area contributed by atoms with Crippen LogP contribution in [0.15, 0.2) is 4.99 Å². The van der Waals surface area contributed by atoms with Crippen molar-refractivity contribution in [3.8, 4) is 0 Å². The molecule has 1 heterocycles. The molecule has 11 heavy (non-hydrogen) atoms. The number of aliphatic imine (C=N–C) groups is 1. The fourth-order valence-corrected chi connectivity index (χ4v) is 0.796. The van der Waals surface area contributed by atoms with E-state index < -0.39 is 0 Å². The number of hydrogen-bond donors (Lipinski definition) is 1. The van der Waals surface area contributed by atoms with Gasteiger partial charge in [0.2, 0.25) is 0 Å². The average molecular weight is 156 g/mol. The lowest BCUT2D eigenvalue weighted by atomic mass is 10.4. The van der Waals surface area contributed by atoms with Crippen LogP contribution in [0.3, 0.4) is 0 Å². The van der Waals surface area contributed by atoms with E-state index in [1.54, 1.807) is 0 Å². The van der Waals surface area contributed by atoms with Crippen LogP contribution in [0.2, 0.25) is 0 Å². The zero-order valence-electron chi connectivity index (χ0n) is 6.76. The largest absolute Gasteiger partial charge is 0.472 e. The standard InChI is InChI=1S/C7H12N2O2/c1-5(2)9-6(10)7-8-3-4-11-7/h5H,3-4H2,1-2H3,(H,9,10). The molecule has 1 aliphatic heterocycles. The molecule has 0 aromatic rings. The van der Waals surface area contributed by atoms with Gasteiger partial charge in [-0.05, 0) is 13.8 Å². The highest BCUT2D eigenvalue weighted by atomic mass is 16.5. The van der Waals surface area contributed by atoms with E-state index in [0.717, 1.165) is 0 Å². The van der Waals surface area contributed by atoms with E-state index in [1.165, 1.54) is 0 Å². The SMILES string of the molecule is CC(C)NC(=O)C1=NCCO1. The Kier molecular flexibility index (Phi) is 2.46. The topological polar surface area (TPSA) is 50.7 Å². The highest BCUT2D eigenvalue weighted by Gasteiger charge is 2.16. The van der Waals surface area contributed by atoms with Gasteiger partial charge in [-0.25, -0.2) is 4.99 Å². The molecule has 4 nitrogen and oxygen atoms in total. The molecule has 4 heteroatoms. The fraction of sp³-hybridized carbons (Fsp3) is 0.714. The normalized spacial score (nSPS) is 16.1. The van der Waals surface area contributed by atoms with Crippen LogP contribution >= 0.6 is 0 Å². The van der Waals surface area contributed by atoms with Gasteiger partial charge in [0, 0.05) is 6.04 Å². The minimum absolute atomic E-state index is 0.134. The van der Waals surface area contributed by atoms with Crippen LogP contribution < -0.4 is 5.32 Å². The van der Waals surface area contributed by atoms with Gasteiger partial charge in [-0.3, -0.25) is 4.79 Å². The van der Waals surface area contributed by atoms with E-state index >= 15 is 0 Å². The van der Waals surface area contributed by atoms with Crippen molar-refractivity contribution in [1.29, 1.82) is 0 Å². The summed E-state index contributed by atoms with van der Waals surface area (Å²) in [4.78, 5) is 15.0. The van der Waals surface area contributed by atoms with Gasteiger partial charge in [0.1, 0.15) is 6.61 Å². The van der Waals surface area contributed by atoms with E-state index in [-0.39, 0.29) is 17.8 Å². The lowest BCUT2D eigenvalue weighted by Crippen LogP contribution is -2.36. The van der Waals surface area contributed by atoms with Crippen LogP contribution in [-0.2, 0) is 9.53 Å². The summed E-state index contributed by atoms with van der Waals surface area (Å²) in [5.74, 6) is 0.0104. The van der Waals surface area contributed by atoms with Crippen molar-refractivity contribution in [2.75, 3.05) is 13.2 Å². The maximum absolute atomic E-state index is 11.1. The van der Waals surface area contributed by atoms with Gasteiger partial charge in [-0.1, -0.05) is 0 Å². The zero-order chi connectivity index (χ0) is 8.27. The van der Waals surface area contributed by atoms with E-state index in [1.807, 2.05) is 13.8 Å². The Morgan fingerprint density at radius 1 is 1.73 bits per heavy atom. The quantitative estimate of drug-likeness (QED) is 0.609. The van der Waals surface area contributed by atoms with Crippen molar-refractivity contribution in [2.45, 2.75) is 19.9 Å². The molecule has 0 fully saturated rings. The second-order valence-corrected chi connectivity index (χ2v) is 2.66. The van der Waals surface area contributed by atoms with E-state index in [9.17, 15) is 4.79 Å². The predicted octanol–water partition coefficient (Wildman–Crippen LogP) is -0.0603. The number of rotatable bonds is 2. The summed E-state index contributed by atoms with van der Waals surface area (Å²) in [6.45, 7) is 4.92. The summed E-state index contributed by atoms with van der Waals surface area (Å²) in [7, 11) is 0. The zero-order valence-corrected chi connectivity index (χ0v) is 6.76. The Morgan fingerprint density at radius 2 is 2.45 bits per heavy atom. The molecule has 0 saturated carbocycles. The van der Waals surface area contributed by atoms with Crippen LogP contribution in [0.5, 0.6) is 0 Å². The highest BCUT2D eigenvalue weighted by molar-refractivity contribution is 6.35. The van der Waals surface area contributed by atoms with Crippen LogP contribution in [0, 0.1) is 0 Å². The van der Waals surface area contributed by atoms with Crippen LogP contribution in [0.4, 0.5) is 0 Å². The maximum Gasteiger partial charge on any atom is 0.306 e. The highest BCUT2D eigenvalue weighted by Crippen LogP contribution is 1.94. The average Bonchev–Trinajstić information content (AvgIpc) is 2.35. The molecule has 0 aromatic carbocycles. The van der Waals surface area contributed by atoms with Crippen LogP contribution in [0.25, 0.3) is 0 Å². The molecule has 0 aliphatic carbocycles. The van der Waals surface area contributed by atoms with Crippen LogP contribution in [-0.4, -0.2) is 31.0 Å². The van der Waals surface area contributed by atoms with E-state index in [0.29, 0.717) is 13.2 Å². The smallest absolute Gasteiger partial charge is 0.306 e. The predicted molar refractivity (Wildman–Crippen MR) is 41.5 cm³/mol. The number of amides is 1. The molecular formula is C7H12N2O2. The number of carbonyl (C=O) groups is 1. The summed E-state index contributed by atoms with van der Waals surface area (Å²) in [5.41, 5.74) is 0. The summed E-state index contributed by atoms with van der Waals surface area (Å²) in [5, 5.41) is 2.69. The lowest BCUT2D eigenvalue weighted by molar-refractivity contribution is -0.116. The number of nitrogens with one attached hydrogen (secondary N) is 1. The number of nitrogens with zero attached hydrogens (tertiary/aromatic N) is 1. The molecule has 1 amide bonds. The molecule has 62 valence electrons. The second-order valence-electron chi connectivity index (χ2n) is 2.66. The van der Waals surface area contributed by atoms with Crippen molar-refractivity contribution >= 4 is 11.8 Å². The molecule has 0 aromatic heterocycles. The molecule has 0 unspecified atom stereocenters. The third-order valence-electron chi connectivity index (χ3n) is 1.20. The number of ether oxygens (including phenoxy) is 1. The number of carbonyl (C=O) groups excluding carboxylic acids is 1. The number of hydrogen-bond acceptors (Lipinski definition) is 3. The molecular weight excluding hydrogens is 144 g/mol. The molecule has 1 N–H and O–H groups in total. The third-order valence-corrected chi connectivity index (χ3v) is 1.20. The minimum atomic E-state index is -0.211. The van der Waals surface area contributed by atoms with Crippen molar-refractivity contribution in [3.05, 3.63) is 0 Å². The monoisotopic (exact) mass is 156 g/mol. The molecule has 0 radical (unpaired) electrons. The first-order valence-corrected chi connectivity index (χ1v) is 3.68. The summed E-state index contributed by atoms with van der Waals surface area (Å²) in [6, 6.07) is 0.134. The Hall–Kier alpha value is -1.06. The first-order valence-electron chi connectivity index (χ1n) is 3.68. The first-order chi connectivity index (χ1) is 5.20. The Morgan fingerprint density at radius 3 is 2.91 bits per heavy atom. The summed E-state index contributed by atoms with van der Waals surface area (Å²) in [6.07, 6.45) is 0. The second kappa shape index (κ2) is 3.37. The van der Waals surface area contributed by atoms with Crippen molar-refractivity contribution in [1.82, 2.24) is 5.32 Å². The molecule has 0 atom stereocenters. The molecule has 1 rings (SSSR count). The maximum atomic E-state index is 11.1. The minimum Gasteiger partial charge on any atom is -0.472 e. The van der Waals surface area contributed by atoms with E-state index in [2.05, 4.69) is 10.3 Å². The summed E-state index contributed by atoms with van der Waals surface area (Å²) < 4.78 is 4.95.